The van der Waals surface area contributed by atoms with E-state index < -0.39 is 23.8 Å². The van der Waals surface area contributed by atoms with Gasteiger partial charge >= 0.3 is 5.97 Å². The van der Waals surface area contributed by atoms with Gasteiger partial charge in [-0.3, -0.25) is 19.2 Å². The van der Waals surface area contributed by atoms with Crippen molar-refractivity contribution in [3.8, 4) is 0 Å². The maximum atomic E-state index is 13.3. The van der Waals surface area contributed by atoms with Crippen LogP contribution >= 0.6 is 0 Å². The van der Waals surface area contributed by atoms with E-state index in [4.69, 9.17) is 4.74 Å². The first-order chi connectivity index (χ1) is 20.4. The normalized spacial score (nSPS) is 12.3. The number of esters is 1. The molecule has 4 aromatic carbocycles. The molecule has 0 saturated heterocycles. The van der Waals surface area contributed by atoms with Crippen molar-refractivity contribution in [3.05, 3.63) is 120 Å². The fourth-order valence-electron chi connectivity index (χ4n) is 4.96. The second-order valence-electron chi connectivity index (χ2n) is 10.6. The summed E-state index contributed by atoms with van der Waals surface area (Å²) >= 11 is 0. The lowest BCUT2D eigenvalue weighted by molar-refractivity contribution is -0.148. The number of carbonyl (C=O) groups is 4. The number of hydrogen-bond acceptors (Lipinski definition) is 5. The highest BCUT2D eigenvalue weighted by atomic mass is 16.5. The zero-order valence-corrected chi connectivity index (χ0v) is 24.0. The number of fused-ring (bicyclic) bond motifs is 1. The number of ether oxygens (including phenoxy) is 1. The molecule has 6 heteroatoms. The fraction of sp³-hybridized carbons (Fsp3) is 0.278. The lowest BCUT2D eigenvalue weighted by atomic mass is 9.94. The average molecular weight is 564 g/mol. The van der Waals surface area contributed by atoms with Crippen molar-refractivity contribution in [2.45, 2.75) is 58.1 Å². The largest absolute Gasteiger partial charge is 0.461 e. The van der Waals surface area contributed by atoms with Crippen LogP contribution < -0.4 is 5.32 Å². The van der Waals surface area contributed by atoms with Gasteiger partial charge < -0.3 is 10.1 Å². The Bertz CT molecular complexity index is 1440. The van der Waals surface area contributed by atoms with E-state index >= 15 is 0 Å². The second kappa shape index (κ2) is 15.4. The highest BCUT2D eigenvalue weighted by Crippen LogP contribution is 2.20. The van der Waals surface area contributed by atoms with E-state index in [1.54, 1.807) is 6.92 Å². The number of amides is 1. The van der Waals surface area contributed by atoms with E-state index in [9.17, 15) is 19.2 Å². The third kappa shape index (κ3) is 9.23. The molecule has 0 saturated carbocycles. The molecule has 0 radical (unpaired) electrons. The van der Waals surface area contributed by atoms with Crippen molar-refractivity contribution in [1.82, 2.24) is 5.32 Å². The van der Waals surface area contributed by atoms with Crippen LogP contribution in [-0.4, -0.2) is 29.5 Å². The minimum atomic E-state index is -0.926. The average Bonchev–Trinajstić information content (AvgIpc) is 3.02. The number of benzene rings is 4. The predicted molar refractivity (Wildman–Crippen MR) is 164 cm³/mol. The van der Waals surface area contributed by atoms with Crippen LogP contribution in [0.15, 0.2) is 103 Å². The molecule has 0 bridgehead atoms. The molecule has 0 spiro atoms. The molecule has 216 valence electrons. The Labute approximate surface area is 247 Å². The molecule has 42 heavy (non-hydrogen) atoms. The van der Waals surface area contributed by atoms with E-state index in [0.717, 1.165) is 27.5 Å². The van der Waals surface area contributed by atoms with Gasteiger partial charge in [-0.05, 0) is 47.2 Å². The highest BCUT2D eigenvalue weighted by Gasteiger charge is 2.28. The quantitative estimate of drug-likeness (QED) is 0.174. The first kappa shape index (κ1) is 30.4. The highest BCUT2D eigenvalue weighted by molar-refractivity contribution is 5.93. The lowest BCUT2D eigenvalue weighted by Gasteiger charge is -2.19. The topological polar surface area (TPSA) is 89.5 Å². The van der Waals surface area contributed by atoms with Crippen LogP contribution in [0.3, 0.4) is 0 Å². The van der Waals surface area contributed by atoms with Crippen molar-refractivity contribution in [1.29, 1.82) is 0 Å². The molecule has 0 aliphatic heterocycles. The summed E-state index contributed by atoms with van der Waals surface area (Å²) in [7, 11) is 0. The van der Waals surface area contributed by atoms with Crippen molar-refractivity contribution in [2.75, 3.05) is 0 Å². The molecule has 2 atom stereocenters. The number of nitrogens with one attached hydrogen (secondary N) is 1. The smallest absolute Gasteiger partial charge is 0.306 e. The Morgan fingerprint density at radius 2 is 1.33 bits per heavy atom. The summed E-state index contributed by atoms with van der Waals surface area (Å²) in [4.78, 5) is 51.9. The molecule has 1 N–H and O–H groups in total. The minimum Gasteiger partial charge on any atom is -0.461 e. The van der Waals surface area contributed by atoms with Gasteiger partial charge in [0, 0.05) is 19.3 Å². The molecule has 1 amide bonds. The predicted octanol–water partition coefficient (Wildman–Crippen LogP) is 6.19. The number of aryl methyl sites for hydroxylation is 2. The maximum absolute atomic E-state index is 13.3. The lowest BCUT2D eigenvalue weighted by Crippen LogP contribution is -2.43. The van der Waals surface area contributed by atoms with E-state index in [0.29, 0.717) is 12.8 Å². The zero-order chi connectivity index (χ0) is 29.7. The molecule has 4 aromatic rings. The van der Waals surface area contributed by atoms with Gasteiger partial charge in [-0.2, -0.15) is 0 Å². The van der Waals surface area contributed by atoms with Gasteiger partial charge in [0.1, 0.15) is 12.4 Å². The minimum absolute atomic E-state index is 0.0824. The van der Waals surface area contributed by atoms with Crippen molar-refractivity contribution >= 4 is 34.2 Å². The van der Waals surface area contributed by atoms with Crippen LogP contribution in [0, 0.1) is 5.92 Å². The van der Waals surface area contributed by atoms with Crippen LogP contribution in [0.4, 0.5) is 0 Å². The van der Waals surface area contributed by atoms with Crippen LogP contribution in [0.2, 0.25) is 0 Å². The van der Waals surface area contributed by atoms with E-state index in [1.807, 2.05) is 103 Å². The van der Waals surface area contributed by atoms with Crippen molar-refractivity contribution < 1.29 is 23.9 Å². The monoisotopic (exact) mass is 563 g/mol. The number of Topliss-reactive ketones (excluding diaryl/α,β-unsaturated/α-hetero) is 2. The summed E-state index contributed by atoms with van der Waals surface area (Å²) in [6.07, 6.45) is 1.27. The summed E-state index contributed by atoms with van der Waals surface area (Å²) in [6, 6.07) is 32.2. The fourth-order valence-corrected chi connectivity index (χ4v) is 4.96. The Hall–Kier alpha value is -4.58. The molecular formula is C36H37NO5. The summed E-state index contributed by atoms with van der Waals surface area (Å²) in [5, 5.41) is 4.98. The molecule has 0 unspecified atom stereocenters. The number of ketones is 2. The molecule has 0 aliphatic carbocycles. The third-order valence-electron chi connectivity index (χ3n) is 7.40. The standard InChI is InChI=1S/C36H37NO5/c1-26(34(39)22-20-30-17-10-16-29-15-8-9-18-33(29)30)37-36(41)31(23-32(38)21-19-27-11-4-2-5-12-27)24-35(40)42-25-28-13-6-3-7-14-28/h2-18,26,31H,19-25H2,1H3,(H,37,41)/t26-,31-/m0/s1. The molecule has 0 aromatic heterocycles. The van der Waals surface area contributed by atoms with Gasteiger partial charge in [0.15, 0.2) is 5.78 Å². The molecule has 0 fully saturated rings. The molecule has 4 rings (SSSR count). The third-order valence-corrected chi connectivity index (χ3v) is 7.40. The van der Waals surface area contributed by atoms with Crippen LogP contribution in [-0.2, 0) is 43.4 Å². The number of carbonyl (C=O) groups excluding carboxylic acids is 4. The van der Waals surface area contributed by atoms with Gasteiger partial charge in [-0.1, -0.05) is 103 Å². The van der Waals surface area contributed by atoms with E-state index in [-0.39, 0.29) is 43.9 Å². The summed E-state index contributed by atoms with van der Waals surface area (Å²) in [5.41, 5.74) is 2.93. The van der Waals surface area contributed by atoms with Gasteiger partial charge in [0.05, 0.1) is 18.4 Å². The van der Waals surface area contributed by atoms with E-state index in [2.05, 4.69) is 5.32 Å². The SMILES string of the molecule is C[C@H](NC(=O)[C@@H](CC(=O)CCc1ccccc1)CC(=O)OCc1ccccc1)C(=O)CCc1cccc2ccccc12. The summed E-state index contributed by atoms with van der Waals surface area (Å²) in [6.45, 7) is 1.73. The van der Waals surface area contributed by atoms with Crippen LogP contribution in [0.1, 0.15) is 49.3 Å². The Balaban J connectivity index is 1.35. The number of hydrogen-bond donors (Lipinski definition) is 1. The number of rotatable bonds is 15. The summed E-state index contributed by atoms with van der Waals surface area (Å²) in [5.74, 6) is -2.22. The van der Waals surface area contributed by atoms with E-state index in [1.165, 1.54) is 0 Å². The molecule has 0 aliphatic rings. The van der Waals surface area contributed by atoms with Gasteiger partial charge in [0.25, 0.3) is 0 Å². The summed E-state index contributed by atoms with van der Waals surface area (Å²) < 4.78 is 5.40. The van der Waals surface area contributed by atoms with Crippen LogP contribution in [0.25, 0.3) is 10.8 Å². The molecular weight excluding hydrogens is 526 g/mol. The van der Waals surface area contributed by atoms with Gasteiger partial charge in [0.2, 0.25) is 5.91 Å². The first-order valence-electron chi connectivity index (χ1n) is 14.4. The molecule has 0 heterocycles. The van der Waals surface area contributed by atoms with Crippen molar-refractivity contribution in [2.24, 2.45) is 5.92 Å². The van der Waals surface area contributed by atoms with Crippen molar-refractivity contribution in [3.63, 3.8) is 0 Å². The second-order valence-corrected chi connectivity index (χ2v) is 10.6. The maximum Gasteiger partial charge on any atom is 0.306 e. The first-order valence-corrected chi connectivity index (χ1v) is 14.4. The Morgan fingerprint density at radius 1 is 0.690 bits per heavy atom. The van der Waals surface area contributed by atoms with Crippen LogP contribution in [0.5, 0.6) is 0 Å². The van der Waals surface area contributed by atoms with Gasteiger partial charge in [-0.15, -0.1) is 0 Å². The Morgan fingerprint density at radius 3 is 2.07 bits per heavy atom. The Kier molecular flexibility index (Phi) is 11.2. The van der Waals surface area contributed by atoms with Gasteiger partial charge in [-0.25, -0.2) is 0 Å². The molecule has 6 nitrogen and oxygen atoms in total. The zero-order valence-electron chi connectivity index (χ0n) is 24.0.